The van der Waals surface area contributed by atoms with Crippen molar-refractivity contribution < 1.29 is 4.79 Å². The highest BCUT2D eigenvalue weighted by Crippen LogP contribution is 2.10. The van der Waals surface area contributed by atoms with Crippen LogP contribution in [0.2, 0.25) is 5.02 Å². The van der Waals surface area contributed by atoms with Crippen molar-refractivity contribution in [2.24, 2.45) is 4.99 Å². The van der Waals surface area contributed by atoms with Crippen LogP contribution >= 0.6 is 11.6 Å². The molecule has 0 fully saturated rings. The Morgan fingerprint density at radius 2 is 1.69 bits per heavy atom. The van der Waals surface area contributed by atoms with Crippen LogP contribution in [-0.2, 0) is 17.8 Å². The first-order chi connectivity index (χ1) is 12.7. The Hall–Kier alpha value is -2.53. The van der Waals surface area contributed by atoms with Crippen LogP contribution in [0.25, 0.3) is 0 Å². The van der Waals surface area contributed by atoms with E-state index in [1.807, 2.05) is 49.4 Å². The van der Waals surface area contributed by atoms with Crippen molar-refractivity contribution in [3.63, 3.8) is 0 Å². The van der Waals surface area contributed by atoms with Gasteiger partial charge >= 0.3 is 0 Å². The second kappa shape index (κ2) is 11.2. The normalized spacial score (nSPS) is 11.1. The number of carbonyl (C=O) groups is 1. The van der Waals surface area contributed by atoms with Gasteiger partial charge in [0.05, 0.1) is 13.1 Å². The summed E-state index contributed by atoms with van der Waals surface area (Å²) < 4.78 is 0. The highest BCUT2D eigenvalue weighted by molar-refractivity contribution is 6.30. The number of amides is 1. The number of halogens is 1. The van der Waals surface area contributed by atoms with Crippen molar-refractivity contribution in [1.82, 2.24) is 16.0 Å². The van der Waals surface area contributed by atoms with E-state index in [2.05, 4.69) is 33.1 Å². The summed E-state index contributed by atoms with van der Waals surface area (Å²) >= 11 is 5.88. The first-order valence-electron chi connectivity index (χ1n) is 8.74. The topological polar surface area (TPSA) is 65.5 Å². The lowest BCUT2D eigenvalue weighted by Gasteiger charge is -2.11. The molecule has 0 unspecified atom stereocenters. The zero-order chi connectivity index (χ0) is 18.6. The number of guanidine groups is 1. The van der Waals surface area contributed by atoms with Gasteiger partial charge in [0.2, 0.25) is 5.91 Å². The van der Waals surface area contributed by atoms with Crippen molar-refractivity contribution in [2.45, 2.75) is 19.9 Å². The molecule has 0 aromatic heterocycles. The van der Waals surface area contributed by atoms with Crippen LogP contribution in [0.15, 0.2) is 59.6 Å². The number of rotatable bonds is 8. The van der Waals surface area contributed by atoms with Crippen LogP contribution in [0.3, 0.4) is 0 Å². The number of hydrogen-bond acceptors (Lipinski definition) is 2. The summed E-state index contributed by atoms with van der Waals surface area (Å²) in [6.07, 6.45) is 0.817. The molecule has 6 heteroatoms. The van der Waals surface area contributed by atoms with Gasteiger partial charge in [0, 0.05) is 18.1 Å². The standard InChI is InChI=1S/C20H25ClN4O/c1-2-22-20(24-14-17-8-10-18(21)11-9-17)25-15-19(26)23-13-12-16-6-4-3-5-7-16/h3-11H,2,12-15H2,1H3,(H,23,26)(H2,22,24,25). The lowest BCUT2D eigenvalue weighted by molar-refractivity contribution is -0.119. The zero-order valence-electron chi connectivity index (χ0n) is 15.0. The van der Waals surface area contributed by atoms with Crippen molar-refractivity contribution in [1.29, 1.82) is 0 Å². The molecule has 0 bridgehead atoms. The van der Waals surface area contributed by atoms with Crippen LogP contribution in [0.1, 0.15) is 18.1 Å². The molecular weight excluding hydrogens is 348 g/mol. The summed E-state index contributed by atoms with van der Waals surface area (Å²) in [6, 6.07) is 17.6. The minimum atomic E-state index is -0.0574. The van der Waals surface area contributed by atoms with Gasteiger partial charge in [0.1, 0.15) is 0 Å². The molecule has 0 radical (unpaired) electrons. The molecule has 138 valence electrons. The average molecular weight is 373 g/mol. The molecule has 0 atom stereocenters. The maximum atomic E-state index is 12.0. The molecule has 0 aliphatic rings. The third kappa shape index (κ3) is 7.57. The molecule has 2 rings (SSSR count). The number of nitrogens with zero attached hydrogens (tertiary/aromatic N) is 1. The summed E-state index contributed by atoms with van der Waals surface area (Å²) in [5, 5.41) is 9.80. The van der Waals surface area contributed by atoms with Crippen molar-refractivity contribution in [3.8, 4) is 0 Å². The third-order valence-electron chi connectivity index (χ3n) is 3.67. The summed E-state index contributed by atoms with van der Waals surface area (Å²) in [5.41, 5.74) is 2.26. The Balaban J connectivity index is 1.74. The Morgan fingerprint density at radius 1 is 0.962 bits per heavy atom. The number of benzene rings is 2. The van der Waals surface area contributed by atoms with E-state index in [0.717, 1.165) is 18.5 Å². The number of aliphatic imine (C=N–C) groups is 1. The fourth-order valence-corrected chi connectivity index (χ4v) is 2.45. The largest absolute Gasteiger partial charge is 0.357 e. The Kier molecular flexibility index (Phi) is 8.49. The number of carbonyl (C=O) groups excluding carboxylic acids is 1. The van der Waals surface area contributed by atoms with Crippen LogP contribution in [0, 0.1) is 0 Å². The molecule has 0 spiro atoms. The SMILES string of the molecule is CCNC(=NCc1ccc(Cl)cc1)NCC(=O)NCCc1ccccc1. The summed E-state index contributed by atoms with van der Waals surface area (Å²) in [4.78, 5) is 16.5. The minimum absolute atomic E-state index is 0.0574. The first-order valence-corrected chi connectivity index (χ1v) is 9.12. The smallest absolute Gasteiger partial charge is 0.239 e. The molecular formula is C20H25ClN4O. The Bertz CT molecular complexity index is 702. The lowest BCUT2D eigenvalue weighted by atomic mass is 10.1. The average Bonchev–Trinajstić information content (AvgIpc) is 2.66. The predicted octanol–water partition coefficient (Wildman–Crippen LogP) is 2.75. The van der Waals surface area contributed by atoms with Gasteiger partial charge in [-0.2, -0.15) is 0 Å². The molecule has 3 N–H and O–H groups in total. The van der Waals surface area contributed by atoms with Crippen molar-refractivity contribution in [2.75, 3.05) is 19.6 Å². The number of nitrogens with one attached hydrogen (secondary N) is 3. The van der Waals surface area contributed by atoms with E-state index < -0.39 is 0 Å². The molecule has 0 heterocycles. The van der Waals surface area contributed by atoms with Crippen molar-refractivity contribution in [3.05, 3.63) is 70.7 Å². The zero-order valence-corrected chi connectivity index (χ0v) is 15.7. The monoisotopic (exact) mass is 372 g/mol. The van der Waals surface area contributed by atoms with E-state index >= 15 is 0 Å². The van der Waals surface area contributed by atoms with Gasteiger partial charge in [-0.1, -0.05) is 54.1 Å². The summed E-state index contributed by atoms with van der Waals surface area (Å²) in [5.74, 6) is 0.554. The molecule has 0 saturated carbocycles. The molecule has 2 aromatic rings. The fraction of sp³-hybridized carbons (Fsp3) is 0.300. The molecule has 0 aliphatic carbocycles. The van der Waals surface area contributed by atoms with Gasteiger partial charge in [0.25, 0.3) is 0 Å². The number of hydrogen-bond donors (Lipinski definition) is 3. The molecule has 5 nitrogen and oxygen atoms in total. The molecule has 2 aromatic carbocycles. The predicted molar refractivity (Wildman–Crippen MR) is 107 cm³/mol. The maximum Gasteiger partial charge on any atom is 0.239 e. The van der Waals surface area contributed by atoms with Gasteiger partial charge in [-0.3, -0.25) is 4.79 Å². The fourth-order valence-electron chi connectivity index (χ4n) is 2.32. The van der Waals surface area contributed by atoms with Crippen LogP contribution in [0.4, 0.5) is 0 Å². The second-order valence-electron chi connectivity index (χ2n) is 5.76. The molecule has 1 amide bonds. The van der Waals surface area contributed by atoms with Gasteiger partial charge in [0.15, 0.2) is 5.96 Å². The maximum absolute atomic E-state index is 12.0. The van der Waals surface area contributed by atoms with Crippen LogP contribution in [-0.4, -0.2) is 31.5 Å². The van der Waals surface area contributed by atoms with E-state index in [9.17, 15) is 4.79 Å². The summed E-state index contributed by atoms with van der Waals surface area (Å²) in [7, 11) is 0. The van der Waals surface area contributed by atoms with E-state index in [1.165, 1.54) is 5.56 Å². The van der Waals surface area contributed by atoms with Gasteiger partial charge < -0.3 is 16.0 Å². The first kappa shape index (κ1) is 19.8. The lowest BCUT2D eigenvalue weighted by Crippen LogP contribution is -2.43. The van der Waals surface area contributed by atoms with Crippen LogP contribution < -0.4 is 16.0 Å². The van der Waals surface area contributed by atoms with Crippen LogP contribution in [0.5, 0.6) is 0 Å². The van der Waals surface area contributed by atoms with E-state index in [4.69, 9.17) is 11.6 Å². The van der Waals surface area contributed by atoms with Crippen molar-refractivity contribution >= 4 is 23.5 Å². The van der Waals surface area contributed by atoms with E-state index in [0.29, 0.717) is 24.1 Å². The third-order valence-corrected chi connectivity index (χ3v) is 3.92. The molecule has 0 aliphatic heterocycles. The highest BCUT2D eigenvalue weighted by atomic mass is 35.5. The quantitative estimate of drug-likeness (QED) is 0.493. The van der Waals surface area contributed by atoms with E-state index in [-0.39, 0.29) is 12.5 Å². The Labute approximate surface area is 159 Å². The van der Waals surface area contributed by atoms with E-state index in [1.54, 1.807) is 0 Å². The van der Waals surface area contributed by atoms with Gasteiger partial charge in [-0.15, -0.1) is 0 Å². The molecule has 0 saturated heterocycles. The Morgan fingerprint density at radius 3 is 2.38 bits per heavy atom. The minimum Gasteiger partial charge on any atom is -0.357 e. The van der Waals surface area contributed by atoms with Gasteiger partial charge in [-0.25, -0.2) is 4.99 Å². The van der Waals surface area contributed by atoms with Gasteiger partial charge in [-0.05, 0) is 36.6 Å². The second-order valence-corrected chi connectivity index (χ2v) is 6.20. The summed E-state index contributed by atoms with van der Waals surface area (Å²) in [6.45, 7) is 4.02. The highest BCUT2D eigenvalue weighted by Gasteiger charge is 2.03. The molecule has 26 heavy (non-hydrogen) atoms.